The molecule has 4 saturated heterocycles. The van der Waals surface area contributed by atoms with Crippen molar-refractivity contribution < 1.29 is 114 Å². The molecule has 24 heteroatoms. The van der Waals surface area contributed by atoms with E-state index in [0.717, 1.165) is 0 Å². The van der Waals surface area contributed by atoms with Crippen LogP contribution in [0.1, 0.15) is 65.2 Å². The van der Waals surface area contributed by atoms with Crippen molar-refractivity contribution >= 4 is 5.97 Å². The van der Waals surface area contributed by atoms with Gasteiger partial charge in [0.05, 0.1) is 31.8 Å². The molecule has 0 radical (unpaired) electrons. The van der Waals surface area contributed by atoms with Crippen molar-refractivity contribution in [3.63, 3.8) is 0 Å². The van der Waals surface area contributed by atoms with Crippen LogP contribution in [0.2, 0.25) is 0 Å². The molecule has 0 aromatic carbocycles. The molecule has 0 aromatic rings. The minimum absolute atomic E-state index is 0.00701. The van der Waals surface area contributed by atoms with Crippen molar-refractivity contribution in [3.05, 3.63) is 12.2 Å². The Morgan fingerprint density at radius 1 is 0.597 bits per heavy atom. The molecular formula is C43H71NO23. The minimum Gasteiger partial charge on any atom is -0.432 e. The van der Waals surface area contributed by atoms with Gasteiger partial charge in [-0.05, 0) is 80.6 Å². The Balaban J connectivity index is 1.07. The van der Waals surface area contributed by atoms with Crippen LogP contribution >= 0.6 is 0 Å². The van der Waals surface area contributed by atoms with Crippen molar-refractivity contribution in [1.82, 2.24) is 0 Å². The maximum Gasteiger partial charge on any atom is 0.314 e. The molecule has 0 bridgehead atoms. The zero-order valence-corrected chi connectivity index (χ0v) is 37.5. The van der Waals surface area contributed by atoms with Crippen LogP contribution in [0.3, 0.4) is 0 Å². The Morgan fingerprint density at radius 2 is 1.09 bits per heavy atom. The van der Waals surface area contributed by atoms with Gasteiger partial charge in [-0.1, -0.05) is 19.9 Å². The molecule has 23 unspecified atom stereocenters. The van der Waals surface area contributed by atoms with Gasteiger partial charge in [0.2, 0.25) is 6.29 Å². The molecule has 26 atom stereocenters. The van der Waals surface area contributed by atoms with E-state index < -0.39 is 172 Å². The predicted molar refractivity (Wildman–Crippen MR) is 220 cm³/mol. The number of carbonyl (C=O) groups is 1. The van der Waals surface area contributed by atoms with Crippen molar-refractivity contribution in [3.8, 4) is 0 Å². The Kier molecular flexibility index (Phi) is 16.5. The van der Waals surface area contributed by atoms with Crippen LogP contribution in [-0.4, -0.2) is 232 Å². The monoisotopic (exact) mass is 969 g/mol. The molecule has 0 aromatic heterocycles. The minimum atomic E-state index is -1.91. The second-order valence-electron chi connectivity index (χ2n) is 20.0. The highest BCUT2D eigenvalue weighted by Gasteiger charge is 2.62. The maximum atomic E-state index is 14.7. The van der Waals surface area contributed by atoms with Crippen LogP contribution in [0.4, 0.5) is 0 Å². The van der Waals surface area contributed by atoms with Crippen LogP contribution in [0.5, 0.6) is 0 Å². The van der Waals surface area contributed by atoms with Crippen molar-refractivity contribution in [1.29, 1.82) is 0 Å². The fourth-order valence-electron chi connectivity index (χ4n) is 12.1. The lowest BCUT2D eigenvalue weighted by Gasteiger charge is -2.59. The summed E-state index contributed by atoms with van der Waals surface area (Å²) in [6.45, 7) is 5.09. The Bertz CT molecular complexity index is 1700. The summed E-state index contributed by atoms with van der Waals surface area (Å²) in [5.41, 5.74) is 4.16. The summed E-state index contributed by atoms with van der Waals surface area (Å²) < 4.78 is 46.4. The molecule has 16 N–H and O–H groups in total. The molecule has 4 aliphatic heterocycles. The molecule has 0 spiro atoms. The van der Waals surface area contributed by atoms with Gasteiger partial charge in [0, 0.05) is 0 Å². The van der Waals surface area contributed by atoms with Crippen LogP contribution in [0, 0.1) is 28.6 Å². The van der Waals surface area contributed by atoms with E-state index >= 15 is 0 Å². The van der Waals surface area contributed by atoms with Crippen LogP contribution in [0.25, 0.3) is 0 Å². The SMILES string of the molecule is C=C1CC2CCC3[C@](C)(C(=O)OC4OC(CO)C(O)C(O)C4OC4OC(CO)C(O)C(O)C4O)CCC[C@@]3(C)[C@@H]2CCC1(N)OC1OC(CO)C(O)C(OC2OC(CO)C(O)C(O)C2O)C1O. The molecule has 386 valence electrons. The average molecular weight is 970 g/mol. The summed E-state index contributed by atoms with van der Waals surface area (Å²) >= 11 is 0. The van der Waals surface area contributed by atoms with Crippen LogP contribution < -0.4 is 5.73 Å². The summed E-state index contributed by atoms with van der Waals surface area (Å²) in [5, 5.41) is 147. The Morgan fingerprint density at radius 3 is 1.64 bits per heavy atom. The predicted octanol–water partition coefficient (Wildman–Crippen LogP) is -5.97. The number of aliphatic hydroxyl groups excluding tert-OH is 14. The normalized spacial score (nSPS) is 53.0. The number of hydrogen-bond acceptors (Lipinski definition) is 24. The first kappa shape index (κ1) is 53.1. The first-order valence-corrected chi connectivity index (χ1v) is 23.1. The smallest absolute Gasteiger partial charge is 0.314 e. The molecule has 7 fully saturated rings. The standard InChI is InChI=1S/C43H71NO23/c1-16-11-17-5-6-23-41(2,18(17)7-10-43(16,44)67-38-33(58)34(27(52)22(15-48)62-38)64-36-31(56)28(53)24(49)19(12-45)60-36)8-4-9-42(23,3)40(59)66-39-35(30(55)26(51)21(14-47)63-39)65-37-32(57)29(54)25(50)20(13-46)61-37/h17-39,45-58H,1,4-15,44H2,2-3H3/t17?,18-,19?,20?,21?,22?,23?,24?,25?,26?,27?,28?,29?,30?,31?,32?,33?,34?,35?,36?,37?,38?,39?,41+,42-,43?/m1/s1. The molecule has 0 amide bonds. The van der Waals surface area contributed by atoms with Crippen molar-refractivity contribution in [2.45, 2.75) is 194 Å². The third kappa shape index (κ3) is 9.72. The van der Waals surface area contributed by atoms with Gasteiger partial charge in [-0.2, -0.15) is 0 Å². The fourth-order valence-corrected chi connectivity index (χ4v) is 12.1. The number of fused-ring (bicyclic) bond motifs is 3. The number of hydrogen-bond donors (Lipinski definition) is 15. The quantitative estimate of drug-likeness (QED) is 0.0492. The Labute approximate surface area is 386 Å². The van der Waals surface area contributed by atoms with E-state index in [1.807, 2.05) is 0 Å². The van der Waals surface area contributed by atoms with Gasteiger partial charge in [0.1, 0.15) is 97.3 Å². The third-order valence-corrected chi connectivity index (χ3v) is 16.1. The third-order valence-electron chi connectivity index (χ3n) is 16.1. The zero-order chi connectivity index (χ0) is 49.1. The molecule has 4 heterocycles. The maximum absolute atomic E-state index is 14.7. The zero-order valence-electron chi connectivity index (χ0n) is 37.5. The van der Waals surface area contributed by atoms with Crippen molar-refractivity contribution in [2.75, 3.05) is 26.4 Å². The highest BCUT2D eigenvalue weighted by atomic mass is 16.8. The lowest BCUT2D eigenvalue weighted by Crippen LogP contribution is -2.66. The molecule has 7 rings (SSSR count). The first-order chi connectivity index (χ1) is 31.6. The lowest BCUT2D eigenvalue weighted by molar-refractivity contribution is -0.368. The molecule has 24 nitrogen and oxygen atoms in total. The Hall–Kier alpha value is -1.67. The summed E-state index contributed by atoms with van der Waals surface area (Å²) in [6, 6.07) is 0. The van der Waals surface area contributed by atoms with Gasteiger partial charge in [-0.15, -0.1) is 0 Å². The van der Waals surface area contributed by atoms with Gasteiger partial charge < -0.3 is 109 Å². The number of rotatable bonds is 12. The topological polar surface area (TPSA) is 400 Å². The molecule has 3 saturated carbocycles. The highest BCUT2D eigenvalue weighted by molar-refractivity contribution is 5.77. The molecular weight excluding hydrogens is 898 g/mol. The van der Waals surface area contributed by atoms with E-state index in [9.17, 15) is 76.3 Å². The fraction of sp³-hybridized carbons (Fsp3) is 0.930. The van der Waals surface area contributed by atoms with E-state index in [4.69, 9.17) is 43.6 Å². The van der Waals surface area contributed by atoms with E-state index in [0.29, 0.717) is 50.5 Å². The highest BCUT2D eigenvalue weighted by Crippen LogP contribution is 2.64. The van der Waals surface area contributed by atoms with Gasteiger partial charge in [0.25, 0.3) is 0 Å². The van der Waals surface area contributed by atoms with Gasteiger partial charge in [-0.25, -0.2) is 0 Å². The van der Waals surface area contributed by atoms with Gasteiger partial charge in [-0.3, -0.25) is 10.5 Å². The molecule has 67 heavy (non-hydrogen) atoms. The van der Waals surface area contributed by atoms with E-state index in [2.05, 4.69) is 13.5 Å². The van der Waals surface area contributed by atoms with Crippen molar-refractivity contribution in [2.24, 2.45) is 34.3 Å². The van der Waals surface area contributed by atoms with Crippen LogP contribution in [-0.2, 0) is 42.7 Å². The largest absolute Gasteiger partial charge is 0.432 e. The van der Waals surface area contributed by atoms with E-state index in [1.54, 1.807) is 6.92 Å². The van der Waals surface area contributed by atoms with Crippen LogP contribution in [0.15, 0.2) is 12.2 Å². The number of esters is 1. The number of aliphatic hydroxyl groups is 14. The first-order valence-electron chi connectivity index (χ1n) is 23.1. The number of carbonyl (C=O) groups excluding carboxylic acids is 1. The number of ether oxygens (including phenoxy) is 8. The summed E-state index contributed by atoms with van der Waals surface area (Å²) in [4.78, 5) is 14.7. The second-order valence-corrected chi connectivity index (χ2v) is 20.0. The van der Waals surface area contributed by atoms with Gasteiger partial charge >= 0.3 is 5.97 Å². The molecule has 3 aliphatic carbocycles. The van der Waals surface area contributed by atoms with Gasteiger partial charge in [0.15, 0.2) is 25.0 Å². The van der Waals surface area contributed by atoms with E-state index in [1.165, 1.54) is 0 Å². The lowest BCUT2D eigenvalue weighted by atomic mass is 9.45. The van der Waals surface area contributed by atoms with E-state index in [-0.39, 0.29) is 24.2 Å². The summed E-state index contributed by atoms with van der Waals surface area (Å²) in [6.07, 6.45) is -30.2. The summed E-state index contributed by atoms with van der Waals surface area (Å²) in [5.74, 6) is -1.09. The molecule has 7 aliphatic rings. The second kappa shape index (κ2) is 20.8. The summed E-state index contributed by atoms with van der Waals surface area (Å²) in [7, 11) is 0. The average Bonchev–Trinajstić information content (AvgIpc) is 3.43. The number of nitrogens with two attached hydrogens (primary N) is 1.